The molecule has 0 atom stereocenters. The third kappa shape index (κ3) is 2.85. The van der Waals surface area contributed by atoms with Gasteiger partial charge < -0.3 is 9.80 Å². The molecule has 1 saturated heterocycles. The largest absolute Gasteiger partial charge is 0.347 e. The van der Waals surface area contributed by atoms with Crippen LogP contribution in [0.5, 0.6) is 0 Å². The number of carbonyl (C=O) groups excluding carboxylic acids is 1. The quantitative estimate of drug-likeness (QED) is 0.705. The summed E-state index contributed by atoms with van der Waals surface area (Å²) in [4.78, 5) is 23.8. The fourth-order valence-corrected chi connectivity index (χ4v) is 2.08. The molecule has 0 spiro atoms. The highest BCUT2D eigenvalue weighted by Gasteiger charge is 2.20. The topological polar surface area (TPSA) is 49.3 Å². The lowest BCUT2D eigenvalue weighted by atomic mass is 10.4. The summed E-state index contributed by atoms with van der Waals surface area (Å²) in [6.45, 7) is 3.74. The van der Waals surface area contributed by atoms with Crippen LogP contribution in [0.4, 0.5) is 5.82 Å². The highest BCUT2D eigenvalue weighted by Crippen LogP contribution is 2.17. The Morgan fingerprint density at radius 3 is 2.82 bits per heavy atom. The van der Waals surface area contributed by atoms with Crippen molar-refractivity contribution in [2.75, 3.05) is 31.6 Å². The van der Waals surface area contributed by atoms with Gasteiger partial charge in [0, 0.05) is 26.2 Å². The molecule has 2 heterocycles. The van der Waals surface area contributed by atoms with Gasteiger partial charge in [0.1, 0.15) is 16.8 Å². The maximum absolute atomic E-state index is 11.8. The van der Waals surface area contributed by atoms with Gasteiger partial charge in [-0.3, -0.25) is 4.79 Å². The van der Waals surface area contributed by atoms with E-state index in [2.05, 4.69) is 9.97 Å². The van der Waals surface area contributed by atoms with E-state index >= 15 is 0 Å². The zero-order valence-corrected chi connectivity index (χ0v) is 10.7. The molecule has 1 aromatic heterocycles. The molecule has 1 aliphatic rings. The van der Waals surface area contributed by atoms with Crippen molar-refractivity contribution in [3.63, 3.8) is 0 Å². The number of aromatic nitrogens is 2. The molecule has 17 heavy (non-hydrogen) atoms. The van der Waals surface area contributed by atoms with E-state index in [0.717, 1.165) is 25.3 Å². The zero-order chi connectivity index (χ0) is 12.4. The van der Waals surface area contributed by atoms with Crippen LogP contribution in [0.15, 0.2) is 6.07 Å². The Labute approximate surface area is 105 Å². The Morgan fingerprint density at radius 1 is 1.35 bits per heavy atom. The van der Waals surface area contributed by atoms with Gasteiger partial charge in [0.15, 0.2) is 0 Å². The predicted molar refractivity (Wildman–Crippen MR) is 66.2 cm³/mol. The van der Waals surface area contributed by atoms with Gasteiger partial charge in [-0.05, 0) is 13.3 Å². The lowest BCUT2D eigenvalue weighted by molar-refractivity contribution is -0.127. The van der Waals surface area contributed by atoms with Crippen molar-refractivity contribution in [2.45, 2.75) is 13.3 Å². The number of aryl methyl sites for hydroxylation is 1. The summed E-state index contributed by atoms with van der Waals surface area (Å²) >= 11 is 5.90. The van der Waals surface area contributed by atoms with Crippen LogP contribution in [0, 0.1) is 6.92 Å². The minimum atomic E-state index is 0.106. The molecule has 0 N–H and O–H groups in total. The Hall–Kier alpha value is -1.36. The van der Waals surface area contributed by atoms with Crippen molar-refractivity contribution >= 4 is 23.3 Å². The highest BCUT2D eigenvalue weighted by atomic mass is 35.5. The summed E-state index contributed by atoms with van der Waals surface area (Å²) in [5, 5.41) is 0.414. The Morgan fingerprint density at radius 2 is 2.12 bits per heavy atom. The molecule has 6 heteroatoms. The summed E-state index contributed by atoms with van der Waals surface area (Å²) < 4.78 is 0. The van der Waals surface area contributed by atoms with E-state index in [4.69, 9.17) is 11.6 Å². The number of hydrogen-bond acceptors (Lipinski definition) is 4. The van der Waals surface area contributed by atoms with Gasteiger partial charge in [-0.15, -0.1) is 0 Å². The number of anilines is 1. The van der Waals surface area contributed by atoms with Crippen molar-refractivity contribution < 1.29 is 4.79 Å². The Bertz CT molecular complexity index is 417. The third-order valence-electron chi connectivity index (χ3n) is 2.79. The standard InChI is InChI=1S/C11H15ClN4O/c1-8-13-9(12)6-10(14-8)16-5-3-4-15(2)11(17)7-16/h6H,3-5,7H2,1-2H3. The van der Waals surface area contributed by atoms with Crippen LogP contribution in [-0.4, -0.2) is 47.5 Å². The van der Waals surface area contributed by atoms with Gasteiger partial charge in [-0.25, -0.2) is 9.97 Å². The monoisotopic (exact) mass is 254 g/mol. The number of carbonyl (C=O) groups is 1. The van der Waals surface area contributed by atoms with Crippen molar-refractivity contribution in [1.82, 2.24) is 14.9 Å². The molecule has 1 fully saturated rings. The summed E-state index contributed by atoms with van der Waals surface area (Å²) in [5.74, 6) is 1.46. The molecule has 0 aliphatic carbocycles. The normalized spacial score (nSPS) is 17.2. The smallest absolute Gasteiger partial charge is 0.241 e. The molecule has 1 amide bonds. The Kier molecular flexibility index (Phi) is 3.47. The lowest BCUT2D eigenvalue weighted by Gasteiger charge is -2.20. The van der Waals surface area contributed by atoms with Crippen LogP contribution in [-0.2, 0) is 4.79 Å². The van der Waals surface area contributed by atoms with Crippen molar-refractivity contribution in [2.24, 2.45) is 0 Å². The van der Waals surface area contributed by atoms with Crippen molar-refractivity contribution in [3.8, 4) is 0 Å². The number of nitrogens with zero attached hydrogens (tertiary/aromatic N) is 4. The van der Waals surface area contributed by atoms with Crippen LogP contribution in [0.3, 0.4) is 0 Å². The summed E-state index contributed by atoms with van der Waals surface area (Å²) in [5.41, 5.74) is 0. The van der Waals surface area contributed by atoms with Gasteiger partial charge >= 0.3 is 0 Å². The number of rotatable bonds is 1. The molecule has 0 saturated carbocycles. The molecular formula is C11H15ClN4O. The number of hydrogen-bond donors (Lipinski definition) is 0. The summed E-state index contributed by atoms with van der Waals surface area (Å²) in [7, 11) is 1.82. The van der Waals surface area contributed by atoms with E-state index in [1.54, 1.807) is 17.9 Å². The molecular weight excluding hydrogens is 240 g/mol. The first-order valence-electron chi connectivity index (χ1n) is 5.56. The zero-order valence-electron chi connectivity index (χ0n) is 9.98. The number of amides is 1. The number of halogens is 1. The van der Waals surface area contributed by atoms with Gasteiger partial charge in [0.05, 0.1) is 6.54 Å². The fourth-order valence-electron chi connectivity index (χ4n) is 1.86. The van der Waals surface area contributed by atoms with Gasteiger partial charge in [-0.2, -0.15) is 0 Å². The molecule has 1 aromatic rings. The second kappa shape index (κ2) is 4.87. The minimum absolute atomic E-state index is 0.106. The average molecular weight is 255 g/mol. The van der Waals surface area contributed by atoms with E-state index < -0.39 is 0 Å². The number of likely N-dealkylation sites (N-methyl/N-ethyl adjacent to an activating group) is 1. The van der Waals surface area contributed by atoms with Crippen molar-refractivity contribution in [1.29, 1.82) is 0 Å². The summed E-state index contributed by atoms with van der Waals surface area (Å²) in [6, 6.07) is 1.70. The van der Waals surface area contributed by atoms with E-state index in [1.807, 2.05) is 11.9 Å². The van der Waals surface area contributed by atoms with E-state index in [0.29, 0.717) is 17.5 Å². The van der Waals surface area contributed by atoms with Crippen molar-refractivity contribution in [3.05, 3.63) is 17.0 Å². The van der Waals surface area contributed by atoms with Crippen LogP contribution in [0.25, 0.3) is 0 Å². The molecule has 92 valence electrons. The van der Waals surface area contributed by atoms with Crippen LogP contribution in [0.2, 0.25) is 5.15 Å². The summed E-state index contributed by atoms with van der Waals surface area (Å²) in [6.07, 6.45) is 0.933. The van der Waals surface area contributed by atoms with Gasteiger partial charge in [-0.1, -0.05) is 11.6 Å². The highest BCUT2D eigenvalue weighted by molar-refractivity contribution is 6.29. The predicted octanol–water partition coefficient (Wildman–Crippen LogP) is 1.11. The second-order valence-corrected chi connectivity index (χ2v) is 4.57. The first kappa shape index (κ1) is 12.1. The molecule has 2 rings (SSSR count). The Balaban J connectivity index is 2.23. The molecule has 0 aromatic carbocycles. The van der Waals surface area contributed by atoms with Crippen LogP contribution in [0.1, 0.15) is 12.2 Å². The molecule has 5 nitrogen and oxygen atoms in total. The maximum Gasteiger partial charge on any atom is 0.241 e. The first-order valence-corrected chi connectivity index (χ1v) is 5.94. The second-order valence-electron chi connectivity index (χ2n) is 4.19. The van der Waals surface area contributed by atoms with Gasteiger partial charge in [0.25, 0.3) is 0 Å². The van der Waals surface area contributed by atoms with E-state index in [1.165, 1.54) is 0 Å². The van der Waals surface area contributed by atoms with Gasteiger partial charge in [0.2, 0.25) is 5.91 Å². The third-order valence-corrected chi connectivity index (χ3v) is 2.98. The molecule has 0 radical (unpaired) electrons. The average Bonchev–Trinajstić information content (AvgIpc) is 2.40. The minimum Gasteiger partial charge on any atom is -0.347 e. The van der Waals surface area contributed by atoms with E-state index in [-0.39, 0.29) is 5.91 Å². The van der Waals surface area contributed by atoms with Crippen LogP contribution >= 0.6 is 11.6 Å². The SMILES string of the molecule is Cc1nc(Cl)cc(N2CCCN(C)C(=O)C2)n1. The lowest BCUT2D eigenvalue weighted by Crippen LogP contribution is -2.34. The van der Waals surface area contributed by atoms with Crippen LogP contribution < -0.4 is 4.90 Å². The molecule has 0 bridgehead atoms. The maximum atomic E-state index is 11.8. The van der Waals surface area contributed by atoms with E-state index in [9.17, 15) is 4.79 Å². The molecule has 1 aliphatic heterocycles. The molecule has 0 unspecified atom stereocenters. The fraction of sp³-hybridized carbons (Fsp3) is 0.545. The first-order chi connectivity index (χ1) is 8.06.